The zero-order valence-corrected chi connectivity index (χ0v) is 13.0. The Morgan fingerprint density at radius 2 is 2.04 bits per heavy atom. The van der Waals surface area contributed by atoms with Gasteiger partial charge in [0.05, 0.1) is 12.1 Å². The molecule has 0 spiro atoms. The van der Waals surface area contributed by atoms with Crippen LogP contribution in [0, 0.1) is 18.6 Å². The van der Waals surface area contributed by atoms with E-state index >= 15 is 0 Å². The lowest BCUT2D eigenvalue weighted by atomic mass is 10.1. The van der Waals surface area contributed by atoms with E-state index in [1.807, 2.05) is 0 Å². The molecule has 0 saturated carbocycles. The third kappa shape index (κ3) is 2.69. The van der Waals surface area contributed by atoms with Gasteiger partial charge in [-0.2, -0.15) is 4.98 Å². The Balaban J connectivity index is 1.82. The van der Waals surface area contributed by atoms with Crippen molar-refractivity contribution in [1.82, 2.24) is 24.7 Å². The summed E-state index contributed by atoms with van der Waals surface area (Å²) in [6.07, 6.45) is 1.48. The maximum atomic E-state index is 13.5. The molecule has 0 bridgehead atoms. The molecule has 126 valence electrons. The van der Waals surface area contributed by atoms with Gasteiger partial charge in [0.1, 0.15) is 0 Å². The number of H-pyrrole nitrogens is 1. The minimum absolute atomic E-state index is 0.0963. The number of aromatic nitrogens is 5. The van der Waals surface area contributed by atoms with Crippen molar-refractivity contribution in [1.29, 1.82) is 0 Å². The normalized spacial score (nSPS) is 11.3. The van der Waals surface area contributed by atoms with Crippen molar-refractivity contribution in [3.63, 3.8) is 0 Å². The van der Waals surface area contributed by atoms with Crippen molar-refractivity contribution in [3.05, 3.63) is 64.3 Å². The molecule has 0 aliphatic carbocycles. The largest absolute Gasteiger partial charge is 0.340 e. The molecule has 0 saturated heterocycles. The Morgan fingerprint density at radius 1 is 1.20 bits per heavy atom. The monoisotopic (exact) mass is 343 g/mol. The number of aromatic amines is 1. The van der Waals surface area contributed by atoms with Crippen LogP contribution in [0.25, 0.3) is 22.3 Å². The van der Waals surface area contributed by atoms with Crippen LogP contribution in [0.4, 0.5) is 8.78 Å². The van der Waals surface area contributed by atoms with Crippen LogP contribution in [0.15, 0.2) is 39.8 Å². The zero-order chi connectivity index (χ0) is 17.6. The maximum Gasteiger partial charge on any atom is 0.328 e. The Bertz CT molecular complexity index is 1150. The van der Waals surface area contributed by atoms with Crippen molar-refractivity contribution in [2.24, 2.45) is 0 Å². The summed E-state index contributed by atoms with van der Waals surface area (Å²) in [6, 6.07) is 5.23. The average Bonchev–Trinajstić information content (AvgIpc) is 3.13. The van der Waals surface area contributed by atoms with Gasteiger partial charge in [0.2, 0.25) is 5.89 Å². The number of nitrogens with one attached hydrogen (secondary N) is 1. The van der Waals surface area contributed by atoms with Gasteiger partial charge in [0.25, 0.3) is 0 Å². The third-order valence-corrected chi connectivity index (χ3v) is 3.75. The lowest BCUT2D eigenvalue weighted by Gasteiger charge is -2.04. The van der Waals surface area contributed by atoms with Crippen LogP contribution in [0.2, 0.25) is 0 Å². The second-order valence-corrected chi connectivity index (χ2v) is 5.47. The van der Waals surface area contributed by atoms with Crippen molar-refractivity contribution >= 4 is 11.2 Å². The molecule has 4 aromatic rings. The van der Waals surface area contributed by atoms with E-state index in [0.29, 0.717) is 34.0 Å². The quantitative estimate of drug-likeness (QED) is 0.617. The van der Waals surface area contributed by atoms with Crippen molar-refractivity contribution < 1.29 is 13.3 Å². The lowest BCUT2D eigenvalue weighted by Crippen LogP contribution is -2.18. The molecule has 9 heteroatoms. The number of hydrogen-bond acceptors (Lipinski definition) is 5. The predicted octanol–water partition coefficient (Wildman–Crippen LogP) is 2.41. The highest BCUT2D eigenvalue weighted by Crippen LogP contribution is 2.23. The van der Waals surface area contributed by atoms with Crippen LogP contribution >= 0.6 is 0 Å². The summed E-state index contributed by atoms with van der Waals surface area (Å²) in [5.74, 6) is -1.14. The molecule has 0 atom stereocenters. The van der Waals surface area contributed by atoms with E-state index in [1.54, 1.807) is 13.0 Å². The number of aryl methyl sites for hydroxylation is 1. The van der Waals surface area contributed by atoms with E-state index in [9.17, 15) is 13.6 Å². The molecule has 0 unspecified atom stereocenters. The molecular weight excluding hydrogens is 332 g/mol. The van der Waals surface area contributed by atoms with Crippen LogP contribution < -0.4 is 5.69 Å². The highest BCUT2D eigenvalue weighted by molar-refractivity contribution is 5.78. The fourth-order valence-electron chi connectivity index (χ4n) is 2.57. The van der Waals surface area contributed by atoms with Crippen LogP contribution in [0.5, 0.6) is 0 Å². The number of nitrogens with zero attached hydrogens (tertiary/aromatic N) is 4. The number of fused-ring (bicyclic) bond motifs is 1. The molecule has 3 aromatic heterocycles. The van der Waals surface area contributed by atoms with E-state index in [2.05, 4.69) is 20.1 Å². The first-order valence-electron chi connectivity index (χ1n) is 7.34. The highest BCUT2D eigenvalue weighted by atomic mass is 19.2. The topological polar surface area (TPSA) is 89.6 Å². The van der Waals surface area contributed by atoms with Gasteiger partial charge in [-0.3, -0.25) is 9.55 Å². The Kier molecular flexibility index (Phi) is 3.41. The Morgan fingerprint density at radius 3 is 2.76 bits per heavy atom. The number of halogens is 2. The number of pyridine rings is 1. The minimum atomic E-state index is -0.952. The lowest BCUT2D eigenvalue weighted by molar-refractivity contribution is 0.386. The molecule has 1 N–H and O–H groups in total. The summed E-state index contributed by atoms with van der Waals surface area (Å²) in [5.41, 5.74) is 1.48. The van der Waals surface area contributed by atoms with E-state index in [0.717, 1.165) is 12.1 Å². The second kappa shape index (κ2) is 5.62. The fourth-order valence-corrected chi connectivity index (χ4v) is 2.57. The van der Waals surface area contributed by atoms with Gasteiger partial charge in [0.15, 0.2) is 23.1 Å². The Labute approximate surface area is 138 Å². The number of hydrogen-bond donors (Lipinski definition) is 1. The van der Waals surface area contributed by atoms with Crippen LogP contribution in [-0.4, -0.2) is 24.7 Å². The summed E-state index contributed by atoms with van der Waals surface area (Å²) in [5, 5.41) is 3.77. The molecule has 0 radical (unpaired) electrons. The van der Waals surface area contributed by atoms with Crippen LogP contribution in [0.3, 0.4) is 0 Å². The van der Waals surface area contributed by atoms with Crippen molar-refractivity contribution in [3.8, 4) is 11.1 Å². The predicted molar refractivity (Wildman–Crippen MR) is 83.8 cm³/mol. The molecule has 0 fully saturated rings. The van der Waals surface area contributed by atoms with Gasteiger partial charge in [-0.1, -0.05) is 11.2 Å². The molecule has 3 heterocycles. The zero-order valence-electron chi connectivity index (χ0n) is 13.0. The Hall–Kier alpha value is -3.36. The first-order valence-corrected chi connectivity index (χ1v) is 7.34. The molecule has 25 heavy (non-hydrogen) atoms. The number of rotatable bonds is 3. The van der Waals surface area contributed by atoms with Crippen molar-refractivity contribution in [2.75, 3.05) is 0 Å². The molecule has 0 aliphatic heterocycles. The fraction of sp³-hybridized carbons (Fsp3) is 0.125. The SMILES string of the molecule is Cc1nc(Cn2c(=O)[nH]c3ncc(-c4ccc(F)c(F)c4)cc32)no1. The number of benzene rings is 1. The third-order valence-electron chi connectivity index (χ3n) is 3.75. The molecule has 0 aliphatic rings. The van der Waals surface area contributed by atoms with E-state index in [1.165, 1.54) is 16.8 Å². The van der Waals surface area contributed by atoms with E-state index < -0.39 is 11.6 Å². The smallest absolute Gasteiger partial charge is 0.328 e. The van der Waals surface area contributed by atoms with Gasteiger partial charge in [0, 0.05) is 18.7 Å². The molecule has 0 amide bonds. The summed E-state index contributed by atoms with van der Waals surface area (Å²) >= 11 is 0. The van der Waals surface area contributed by atoms with Gasteiger partial charge < -0.3 is 4.52 Å². The summed E-state index contributed by atoms with van der Waals surface area (Å²) in [7, 11) is 0. The number of imidazole rings is 1. The minimum Gasteiger partial charge on any atom is -0.340 e. The van der Waals surface area contributed by atoms with Gasteiger partial charge in [-0.05, 0) is 23.8 Å². The van der Waals surface area contributed by atoms with Gasteiger partial charge in [-0.25, -0.2) is 18.6 Å². The van der Waals surface area contributed by atoms with Crippen LogP contribution in [0.1, 0.15) is 11.7 Å². The molecule has 1 aromatic carbocycles. The first kappa shape index (κ1) is 15.2. The summed E-state index contributed by atoms with van der Waals surface area (Å²) in [6.45, 7) is 1.75. The van der Waals surface area contributed by atoms with E-state index in [4.69, 9.17) is 4.52 Å². The van der Waals surface area contributed by atoms with Crippen LogP contribution in [-0.2, 0) is 6.54 Å². The summed E-state index contributed by atoms with van der Waals surface area (Å²) < 4.78 is 32.9. The van der Waals surface area contributed by atoms with Gasteiger partial charge in [-0.15, -0.1) is 0 Å². The van der Waals surface area contributed by atoms with E-state index in [-0.39, 0.29) is 12.2 Å². The first-order chi connectivity index (χ1) is 12.0. The highest BCUT2D eigenvalue weighted by Gasteiger charge is 2.13. The standard InChI is InChI=1S/C16H11F2N5O2/c1-8-20-14(22-25-8)7-23-13-5-10(6-19-15(13)21-16(23)24)9-2-3-11(17)12(18)4-9/h2-6H,7H2,1H3,(H,19,21,24). The molecular formula is C16H11F2N5O2. The average molecular weight is 343 g/mol. The van der Waals surface area contributed by atoms with Gasteiger partial charge >= 0.3 is 5.69 Å². The molecule has 4 rings (SSSR count). The maximum absolute atomic E-state index is 13.5. The van der Waals surface area contributed by atoms with Crippen molar-refractivity contribution in [2.45, 2.75) is 13.5 Å². The second-order valence-electron chi connectivity index (χ2n) is 5.47. The molecule has 7 nitrogen and oxygen atoms in total. The summed E-state index contributed by atoms with van der Waals surface area (Å²) in [4.78, 5) is 23.1.